The minimum atomic E-state index is 1.33. The summed E-state index contributed by atoms with van der Waals surface area (Å²) in [6.45, 7) is 25.8. The molecule has 0 aliphatic heterocycles. The van der Waals surface area contributed by atoms with Gasteiger partial charge < -0.3 is 0 Å². The maximum Gasteiger partial charge on any atom is -0.0125 e. The molecular formula is C72H72. The standard InChI is InChI=1S/6C12H12/c1-9-3-5-12-8-10(2)4-6-11(12)7-9;1-9-3-5-11-6-4-10(2)8-12(11)7-9;1-9-5-3-8-12-10(2)6-4-7-11(9)12;1-9-5-3-7-11-8-4-6-10(2)12(9)11;1-9-7-11-5-3-4-6-12(11)8-10(9)2;1-9-7-8-10(2)12-6-4-3-5-11(9)12/h6*3-8H,1-2H3. The van der Waals surface area contributed by atoms with Crippen molar-refractivity contribution in [2.75, 3.05) is 0 Å². The van der Waals surface area contributed by atoms with Crippen LogP contribution in [-0.2, 0) is 0 Å². The Bertz CT molecular complexity index is 3500. The normalized spacial score (nSPS) is 10.5. The van der Waals surface area contributed by atoms with E-state index in [0.717, 1.165) is 0 Å². The molecule has 0 aliphatic rings. The summed E-state index contributed by atoms with van der Waals surface area (Å²) >= 11 is 0. The number of hydrogen-bond donors (Lipinski definition) is 0. The number of hydrogen-bond acceptors (Lipinski definition) is 0. The number of benzene rings is 12. The Kier molecular flexibility index (Phi) is 17.6. The second-order valence-electron chi connectivity index (χ2n) is 19.7. The van der Waals surface area contributed by atoms with E-state index >= 15 is 0 Å². The topological polar surface area (TPSA) is 0 Å². The molecule has 360 valence electrons. The van der Waals surface area contributed by atoms with Gasteiger partial charge in [-0.05, 0) is 192 Å². The van der Waals surface area contributed by atoms with Crippen LogP contribution in [0.5, 0.6) is 0 Å². The van der Waals surface area contributed by atoms with Crippen molar-refractivity contribution in [1.82, 2.24) is 0 Å². The van der Waals surface area contributed by atoms with Gasteiger partial charge in [-0.3, -0.25) is 0 Å². The fraction of sp³-hybridized carbons (Fsp3) is 0.167. The van der Waals surface area contributed by atoms with Crippen LogP contribution in [0.25, 0.3) is 64.6 Å². The molecule has 0 bridgehead atoms. The van der Waals surface area contributed by atoms with Gasteiger partial charge in [0.05, 0.1) is 0 Å². The van der Waals surface area contributed by atoms with Gasteiger partial charge in [-0.2, -0.15) is 0 Å². The summed E-state index contributed by atoms with van der Waals surface area (Å²) < 4.78 is 0. The molecule has 0 radical (unpaired) electrons. The zero-order valence-electron chi connectivity index (χ0n) is 44.8. The summed E-state index contributed by atoms with van der Waals surface area (Å²) in [5.74, 6) is 0. The first-order valence-corrected chi connectivity index (χ1v) is 25.4. The smallest absolute Gasteiger partial charge is 0.0125 e. The molecular weight excluding hydrogens is 865 g/mol. The first-order valence-electron chi connectivity index (χ1n) is 25.4. The van der Waals surface area contributed by atoms with Gasteiger partial charge in [-0.1, -0.05) is 241 Å². The first-order chi connectivity index (χ1) is 34.6. The van der Waals surface area contributed by atoms with Crippen molar-refractivity contribution in [3.8, 4) is 0 Å². The van der Waals surface area contributed by atoms with Crippen LogP contribution in [0.1, 0.15) is 66.8 Å². The molecule has 0 spiro atoms. The average Bonchev–Trinajstić information content (AvgIpc) is 3.37. The molecule has 0 saturated carbocycles. The fourth-order valence-electron chi connectivity index (χ4n) is 9.41. The second-order valence-corrected chi connectivity index (χ2v) is 19.7. The van der Waals surface area contributed by atoms with Gasteiger partial charge >= 0.3 is 0 Å². The minimum Gasteiger partial charge on any atom is -0.0616 e. The van der Waals surface area contributed by atoms with Crippen LogP contribution < -0.4 is 0 Å². The quantitative estimate of drug-likeness (QED) is 0.142. The third kappa shape index (κ3) is 13.5. The van der Waals surface area contributed by atoms with Gasteiger partial charge in [0.1, 0.15) is 0 Å². The van der Waals surface area contributed by atoms with Crippen LogP contribution in [0.2, 0.25) is 0 Å². The predicted octanol–water partition coefficient (Wildman–Crippen LogP) is 20.7. The molecule has 0 unspecified atom stereocenters. The van der Waals surface area contributed by atoms with E-state index in [1.165, 1.54) is 131 Å². The Labute approximate surface area is 430 Å². The number of fused-ring (bicyclic) bond motifs is 6. The predicted molar refractivity (Wildman–Crippen MR) is 321 cm³/mol. The van der Waals surface area contributed by atoms with Crippen LogP contribution >= 0.6 is 0 Å². The molecule has 0 nitrogen and oxygen atoms in total. The van der Waals surface area contributed by atoms with Gasteiger partial charge in [-0.15, -0.1) is 0 Å². The van der Waals surface area contributed by atoms with E-state index in [1.54, 1.807) is 0 Å². The average molecular weight is 937 g/mol. The molecule has 0 N–H and O–H groups in total. The van der Waals surface area contributed by atoms with Crippen LogP contribution in [-0.4, -0.2) is 0 Å². The number of rotatable bonds is 0. The van der Waals surface area contributed by atoms with Crippen LogP contribution in [0, 0.1) is 83.1 Å². The van der Waals surface area contributed by atoms with Gasteiger partial charge in [0.25, 0.3) is 0 Å². The summed E-state index contributed by atoms with van der Waals surface area (Å²) in [4.78, 5) is 0. The molecule has 0 heteroatoms. The molecule has 0 atom stereocenters. The molecule has 0 aromatic heterocycles. The van der Waals surface area contributed by atoms with E-state index in [1.807, 2.05) is 0 Å². The summed E-state index contributed by atoms with van der Waals surface area (Å²) in [6.07, 6.45) is 0. The molecule has 0 heterocycles. The molecule has 0 aliphatic carbocycles. The van der Waals surface area contributed by atoms with Crippen LogP contribution in [0.4, 0.5) is 0 Å². The van der Waals surface area contributed by atoms with Gasteiger partial charge in [-0.25, -0.2) is 0 Å². The van der Waals surface area contributed by atoms with E-state index in [9.17, 15) is 0 Å². The maximum atomic E-state index is 2.24. The van der Waals surface area contributed by atoms with E-state index in [-0.39, 0.29) is 0 Å². The Morgan fingerprint density at radius 1 is 0.167 bits per heavy atom. The molecule has 12 aromatic carbocycles. The van der Waals surface area contributed by atoms with E-state index in [0.29, 0.717) is 0 Å². The van der Waals surface area contributed by atoms with Crippen molar-refractivity contribution in [3.63, 3.8) is 0 Å². The van der Waals surface area contributed by atoms with Crippen molar-refractivity contribution in [1.29, 1.82) is 0 Å². The Hall–Kier alpha value is -7.80. The Balaban J connectivity index is 0.000000127. The van der Waals surface area contributed by atoms with Gasteiger partial charge in [0.2, 0.25) is 0 Å². The largest absolute Gasteiger partial charge is 0.0616 e. The van der Waals surface area contributed by atoms with Gasteiger partial charge in [0, 0.05) is 0 Å². The lowest BCUT2D eigenvalue weighted by molar-refractivity contribution is 1.37. The minimum absolute atomic E-state index is 1.33. The lowest BCUT2D eigenvalue weighted by Crippen LogP contribution is -1.81. The molecule has 12 rings (SSSR count). The Morgan fingerprint density at radius 2 is 0.444 bits per heavy atom. The van der Waals surface area contributed by atoms with E-state index in [2.05, 4.69) is 301 Å². The van der Waals surface area contributed by atoms with Crippen molar-refractivity contribution < 1.29 is 0 Å². The first kappa shape index (κ1) is 52.0. The lowest BCUT2D eigenvalue weighted by Gasteiger charge is -2.04. The molecule has 12 aromatic rings. The summed E-state index contributed by atoms with van der Waals surface area (Å²) in [7, 11) is 0. The van der Waals surface area contributed by atoms with Crippen molar-refractivity contribution >= 4 is 64.6 Å². The lowest BCUT2D eigenvalue weighted by atomic mass is 10.0. The Morgan fingerprint density at radius 3 is 0.833 bits per heavy atom. The molecule has 0 amide bonds. The van der Waals surface area contributed by atoms with Crippen molar-refractivity contribution in [2.24, 2.45) is 0 Å². The highest BCUT2D eigenvalue weighted by molar-refractivity contribution is 5.90. The zero-order chi connectivity index (χ0) is 51.3. The van der Waals surface area contributed by atoms with Crippen LogP contribution in [0.15, 0.2) is 218 Å². The maximum absolute atomic E-state index is 2.24. The van der Waals surface area contributed by atoms with Gasteiger partial charge in [0.15, 0.2) is 0 Å². The highest BCUT2D eigenvalue weighted by Crippen LogP contribution is 2.24. The highest BCUT2D eigenvalue weighted by atomic mass is 14.1. The molecule has 0 fully saturated rings. The fourth-order valence-corrected chi connectivity index (χ4v) is 9.41. The summed E-state index contributed by atoms with van der Waals surface area (Å²) in [6, 6.07) is 77.8. The third-order valence-corrected chi connectivity index (χ3v) is 13.7. The third-order valence-electron chi connectivity index (χ3n) is 13.7. The molecule has 72 heavy (non-hydrogen) atoms. The van der Waals surface area contributed by atoms with Crippen molar-refractivity contribution in [2.45, 2.75) is 83.1 Å². The number of aryl methyl sites for hydroxylation is 12. The van der Waals surface area contributed by atoms with Crippen molar-refractivity contribution in [3.05, 3.63) is 285 Å². The molecule has 0 saturated heterocycles. The zero-order valence-corrected chi connectivity index (χ0v) is 44.8. The van der Waals surface area contributed by atoms with Crippen LogP contribution in [0.3, 0.4) is 0 Å². The van der Waals surface area contributed by atoms with E-state index in [4.69, 9.17) is 0 Å². The summed E-state index contributed by atoms with van der Waals surface area (Å²) in [5, 5.41) is 16.2. The van der Waals surface area contributed by atoms with E-state index < -0.39 is 0 Å². The second kappa shape index (κ2) is 24.4. The monoisotopic (exact) mass is 937 g/mol. The summed E-state index contributed by atoms with van der Waals surface area (Å²) in [5.41, 5.74) is 16.2. The highest BCUT2D eigenvalue weighted by Gasteiger charge is 2.01. The SMILES string of the molecule is Cc1cc2ccccc2cc1C.Cc1ccc(C)c2ccccc12.Cc1ccc2cc(C)ccc2c1.Cc1ccc2ccc(C)cc2c1.Cc1cccc2c(C)cccc12.Cc1cccc2cccc(C)c12.